The maximum atomic E-state index is 5.90. The molecule has 0 atom stereocenters. The highest BCUT2D eigenvalue weighted by molar-refractivity contribution is 8.06. The lowest BCUT2D eigenvalue weighted by atomic mass is 10.0. The van der Waals surface area contributed by atoms with Crippen molar-refractivity contribution in [2.24, 2.45) is 0 Å². The van der Waals surface area contributed by atoms with Gasteiger partial charge < -0.3 is 4.12 Å². The Labute approximate surface area is 162 Å². The van der Waals surface area contributed by atoms with Gasteiger partial charge in [0.15, 0.2) is 8.32 Å². The summed E-state index contributed by atoms with van der Waals surface area (Å²) < 4.78 is 5.90. The fourth-order valence-corrected chi connectivity index (χ4v) is 9.57. The van der Waals surface area contributed by atoms with Crippen LogP contribution in [0.4, 0.5) is 0 Å². The van der Waals surface area contributed by atoms with Crippen LogP contribution >= 0.6 is 12.1 Å². The van der Waals surface area contributed by atoms with E-state index in [2.05, 4.69) is 32.1 Å². The predicted octanol–water partition coefficient (Wildman–Crippen LogP) is 7.40. The van der Waals surface area contributed by atoms with E-state index in [4.69, 9.17) is 4.12 Å². The molecule has 0 aliphatic heterocycles. The van der Waals surface area contributed by atoms with E-state index in [1.165, 1.54) is 109 Å². The van der Waals surface area contributed by atoms with E-state index in [0.29, 0.717) is 0 Å². The van der Waals surface area contributed by atoms with Crippen molar-refractivity contribution in [3.05, 3.63) is 0 Å². The van der Waals surface area contributed by atoms with Crippen LogP contribution in [0.25, 0.3) is 0 Å². The van der Waals surface area contributed by atoms with Gasteiger partial charge in [0.2, 0.25) is 8.91 Å². The summed E-state index contributed by atoms with van der Waals surface area (Å²) in [6.07, 6.45) is 23.1. The Morgan fingerprint density at radius 2 is 0.958 bits per heavy atom. The average molecular weight is 391 g/mol. The van der Waals surface area contributed by atoms with Crippen molar-refractivity contribution < 1.29 is 4.12 Å². The number of rotatable bonds is 19. The fraction of sp³-hybridized carbons (Fsp3) is 1.00. The quantitative estimate of drug-likeness (QED) is 0.137. The van der Waals surface area contributed by atoms with Crippen molar-refractivity contribution in [2.75, 3.05) is 0 Å². The zero-order chi connectivity index (χ0) is 17.9. The van der Waals surface area contributed by atoms with Gasteiger partial charge in [0.05, 0.1) is 0 Å². The van der Waals surface area contributed by atoms with E-state index in [0.717, 1.165) is 0 Å². The number of hydrogen-bond acceptors (Lipinski definition) is 2. The van der Waals surface area contributed by atoms with Gasteiger partial charge >= 0.3 is 0 Å². The van der Waals surface area contributed by atoms with Crippen LogP contribution < -0.4 is 0 Å². The summed E-state index contributed by atoms with van der Waals surface area (Å²) in [4.78, 5) is 0. The summed E-state index contributed by atoms with van der Waals surface area (Å²) in [5.41, 5.74) is 0. The molecule has 0 amide bonds. The molecular formula is C20H46OSSi2. The van der Waals surface area contributed by atoms with Gasteiger partial charge in [0, 0.05) is 0 Å². The summed E-state index contributed by atoms with van der Waals surface area (Å²) in [7, 11) is -1.83. The highest BCUT2D eigenvalue weighted by Crippen LogP contribution is 2.18. The summed E-state index contributed by atoms with van der Waals surface area (Å²) in [6.45, 7) is 6.99. The van der Waals surface area contributed by atoms with Crippen molar-refractivity contribution in [1.29, 1.82) is 0 Å². The van der Waals surface area contributed by atoms with Crippen LogP contribution in [0.15, 0.2) is 0 Å². The molecule has 0 heterocycles. The zero-order valence-corrected chi connectivity index (χ0v) is 20.4. The second-order valence-electron chi connectivity index (χ2n) is 8.09. The topological polar surface area (TPSA) is 9.23 Å². The lowest BCUT2D eigenvalue weighted by molar-refractivity contribution is 0.529. The summed E-state index contributed by atoms with van der Waals surface area (Å²) in [5.74, 6) is 0. The van der Waals surface area contributed by atoms with Crippen LogP contribution in [-0.4, -0.2) is 17.2 Å². The summed E-state index contributed by atoms with van der Waals surface area (Å²) >= 11 is 4.32. The minimum atomic E-state index is -1.33. The lowest BCUT2D eigenvalue weighted by Crippen LogP contribution is -2.30. The van der Waals surface area contributed by atoms with Crippen LogP contribution in [0.3, 0.4) is 0 Å². The molecule has 4 heteroatoms. The molecule has 0 bridgehead atoms. The smallest absolute Gasteiger partial charge is 0.206 e. The van der Waals surface area contributed by atoms with Crippen LogP contribution in [0.5, 0.6) is 0 Å². The SMILES string of the molecule is CCCCCCCCCCCCCCCCCC[Si](C)(C)O[SiH2]S. The highest BCUT2D eigenvalue weighted by atomic mass is 32.3. The van der Waals surface area contributed by atoms with Gasteiger partial charge in [-0.1, -0.05) is 110 Å². The van der Waals surface area contributed by atoms with Crippen LogP contribution in [-0.2, 0) is 4.12 Å². The van der Waals surface area contributed by atoms with Gasteiger partial charge in [0.1, 0.15) is 0 Å². The Balaban J connectivity index is 3.10. The second kappa shape index (κ2) is 18.5. The van der Waals surface area contributed by atoms with Crippen LogP contribution in [0.2, 0.25) is 19.1 Å². The average Bonchev–Trinajstić information content (AvgIpc) is 2.54. The maximum absolute atomic E-state index is 5.90. The van der Waals surface area contributed by atoms with Crippen LogP contribution in [0, 0.1) is 0 Å². The van der Waals surface area contributed by atoms with Crippen molar-refractivity contribution in [2.45, 2.75) is 129 Å². The molecule has 0 fully saturated rings. The summed E-state index contributed by atoms with van der Waals surface area (Å²) in [5, 5.41) is 0. The third kappa shape index (κ3) is 19.1. The highest BCUT2D eigenvalue weighted by Gasteiger charge is 2.19. The maximum Gasteiger partial charge on any atom is 0.206 e. The largest absolute Gasteiger partial charge is 0.452 e. The molecule has 0 saturated carbocycles. The molecule has 0 spiro atoms. The molecule has 146 valence electrons. The molecule has 1 nitrogen and oxygen atoms in total. The third-order valence-electron chi connectivity index (χ3n) is 5.09. The molecule has 0 saturated heterocycles. The Hall–Kier alpha value is 0.744. The molecule has 24 heavy (non-hydrogen) atoms. The van der Waals surface area contributed by atoms with E-state index in [1.54, 1.807) is 0 Å². The minimum Gasteiger partial charge on any atom is -0.452 e. The Bertz CT molecular complexity index is 250. The van der Waals surface area contributed by atoms with Gasteiger partial charge in [-0.05, 0) is 19.1 Å². The van der Waals surface area contributed by atoms with Gasteiger partial charge in [-0.25, -0.2) is 0 Å². The number of unbranched alkanes of at least 4 members (excludes halogenated alkanes) is 15. The first-order valence-corrected chi connectivity index (χ1v) is 17.1. The first-order valence-electron chi connectivity index (χ1n) is 10.9. The number of thiol groups is 1. The molecule has 0 aromatic carbocycles. The molecule has 0 rings (SSSR count). The second-order valence-corrected chi connectivity index (χ2v) is 14.3. The minimum absolute atomic E-state index is 0.501. The molecule has 0 aliphatic carbocycles. The normalized spacial score (nSPS) is 12.5. The van der Waals surface area contributed by atoms with Crippen molar-refractivity contribution >= 4 is 29.3 Å². The van der Waals surface area contributed by atoms with Crippen molar-refractivity contribution in [1.82, 2.24) is 0 Å². The van der Waals surface area contributed by atoms with E-state index in [9.17, 15) is 0 Å². The van der Waals surface area contributed by atoms with Gasteiger partial charge in [-0.15, -0.1) is 0 Å². The zero-order valence-electron chi connectivity index (χ0n) is 17.1. The standard InChI is InChI=1S/C20H46OSSi2/c1-4-5-6-7-8-9-10-11-12-13-14-15-16-17-18-19-20-24(2,3)21-23-22/h22H,4-20,23H2,1-3H3. The fourth-order valence-electron chi connectivity index (χ4n) is 3.35. The monoisotopic (exact) mass is 390 g/mol. The Morgan fingerprint density at radius 1 is 0.625 bits per heavy atom. The molecular weight excluding hydrogens is 344 g/mol. The summed E-state index contributed by atoms with van der Waals surface area (Å²) in [6, 6.07) is 1.33. The van der Waals surface area contributed by atoms with Gasteiger partial charge in [-0.2, -0.15) is 12.1 Å². The van der Waals surface area contributed by atoms with E-state index < -0.39 is 17.2 Å². The lowest BCUT2D eigenvalue weighted by Gasteiger charge is -2.21. The van der Waals surface area contributed by atoms with Gasteiger partial charge in [-0.3, -0.25) is 0 Å². The Kier molecular flexibility index (Phi) is 19.1. The molecule has 0 unspecified atom stereocenters. The van der Waals surface area contributed by atoms with Crippen molar-refractivity contribution in [3.63, 3.8) is 0 Å². The van der Waals surface area contributed by atoms with Crippen molar-refractivity contribution in [3.8, 4) is 0 Å². The molecule has 0 aromatic heterocycles. The van der Waals surface area contributed by atoms with Gasteiger partial charge in [0.25, 0.3) is 0 Å². The molecule has 0 radical (unpaired) electrons. The first kappa shape index (κ1) is 24.7. The third-order valence-corrected chi connectivity index (χ3v) is 11.4. The van der Waals surface area contributed by atoms with E-state index in [1.807, 2.05) is 0 Å². The molecule has 0 aromatic rings. The first-order chi connectivity index (χ1) is 11.6. The van der Waals surface area contributed by atoms with E-state index >= 15 is 0 Å². The predicted molar refractivity (Wildman–Crippen MR) is 120 cm³/mol. The molecule has 0 aliphatic rings. The van der Waals surface area contributed by atoms with E-state index in [-0.39, 0.29) is 0 Å². The number of hydrogen-bond donors (Lipinski definition) is 1. The van der Waals surface area contributed by atoms with Crippen LogP contribution in [0.1, 0.15) is 110 Å². The Morgan fingerprint density at radius 3 is 1.29 bits per heavy atom. The molecule has 0 N–H and O–H groups in total.